The van der Waals surface area contributed by atoms with Crippen molar-refractivity contribution in [2.24, 2.45) is 0 Å². The van der Waals surface area contributed by atoms with Gasteiger partial charge in [-0.15, -0.1) is 23.1 Å². The Kier molecular flexibility index (Phi) is 5.29. The SMILES string of the molecule is CSc1ccccc1C(=O)N1CCc2nc(NC(=O)c3cccs3)sc2C1. The van der Waals surface area contributed by atoms with Crippen LogP contribution in [0.4, 0.5) is 5.13 Å². The average Bonchev–Trinajstić information content (AvgIpc) is 3.36. The number of nitrogens with zero attached hydrogens (tertiary/aromatic N) is 2. The van der Waals surface area contributed by atoms with Gasteiger partial charge in [-0.05, 0) is 29.8 Å². The van der Waals surface area contributed by atoms with E-state index >= 15 is 0 Å². The van der Waals surface area contributed by atoms with E-state index in [1.165, 1.54) is 22.7 Å². The van der Waals surface area contributed by atoms with Crippen molar-refractivity contribution in [2.45, 2.75) is 17.9 Å². The molecule has 0 atom stereocenters. The van der Waals surface area contributed by atoms with E-state index in [0.29, 0.717) is 29.5 Å². The van der Waals surface area contributed by atoms with E-state index in [1.54, 1.807) is 17.8 Å². The molecule has 0 radical (unpaired) electrons. The first kappa shape index (κ1) is 18.2. The topological polar surface area (TPSA) is 62.3 Å². The summed E-state index contributed by atoms with van der Waals surface area (Å²) in [7, 11) is 0. The number of rotatable bonds is 4. The molecule has 2 aromatic heterocycles. The zero-order chi connectivity index (χ0) is 18.8. The van der Waals surface area contributed by atoms with Gasteiger partial charge in [-0.3, -0.25) is 14.9 Å². The number of benzene rings is 1. The number of anilines is 1. The minimum atomic E-state index is -0.141. The molecule has 3 aromatic rings. The average molecular weight is 416 g/mol. The molecule has 0 saturated heterocycles. The van der Waals surface area contributed by atoms with Crippen LogP contribution in [-0.4, -0.2) is 34.5 Å². The van der Waals surface area contributed by atoms with Crippen molar-refractivity contribution in [1.29, 1.82) is 0 Å². The van der Waals surface area contributed by atoms with Gasteiger partial charge in [0.2, 0.25) is 0 Å². The van der Waals surface area contributed by atoms with Gasteiger partial charge >= 0.3 is 0 Å². The van der Waals surface area contributed by atoms with Gasteiger partial charge in [-0.25, -0.2) is 4.98 Å². The molecular formula is C19H17N3O2S3. The summed E-state index contributed by atoms with van der Waals surface area (Å²) in [6, 6.07) is 11.3. The number of hydrogen-bond acceptors (Lipinski definition) is 6. The third-order valence-electron chi connectivity index (χ3n) is 4.32. The molecule has 1 aliphatic heterocycles. The molecule has 0 spiro atoms. The normalized spacial score (nSPS) is 13.3. The summed E-state index contributed by atoms with van der Waals surface area (Å²) in [5.41, 5.74) is 1.72. The zero-order valence-electron chi connectivity index (χ0n) is 14.6. The van der Waals surface area contributed by atoms with Gasteiger partial charge < -0.3 is 4.90 Å². The maximum Gasteiger partial charge on any atom is 0.267 e. The molecule has 0 saturated carbocycles. The molecule has 5 nitrogen and oxygen atoms in total. The first-order chi connectivity index (χ1) is 13.2. The lowest BCUT2D eigenvalue weighted by Crippen LogP contribution is -2.35. The van der Waals surface area contributed by atoms with Crippen molar-refractivity contribution in [3.8, 4) is 0 Å². The summed E-state index contributed by atoms with van der Waals surface area (Å²) in [5.74, 6) is -0.0962. The fourth-order valence-electron chi connectivity index (χ4n) is 2.98. The predicted octanol–water partition coefficient (Wildman–Crippen LogP) is 4.38. The number of carbonyl (C=O) groups excluding carboxylic acids is 2. The maximum absolute atomic E-state index is 13.0. The van der Waals surface area contributed by atoms with E-state index in [0.717, 1.165) is 21.0 Å². The number of amides is 2. The van der Waals surface area contributed by atoms with Crippen LogP contribution >= 0.6 is 34.4 Å². The standard InChI is InChI=1S/C19H17N3O2S3/c1-25-14-6-3-2-5-12(14)18(24)22-9-8-13-16(11-22)27-19(20-13)21-17(23)15-7-4-10-26-15/h2-7,10H,8-9,11H2,1H3,(H,20,21,23). The quantitative estimate of drug-likeness (QED) is 0.643. The first-order valence-corrected chi connectivity index (χ1v) is 11.3. The highest BCUT2D eigenvalue weighted by molar-refractivity contribution is 7.98. The third-order valence-corrected chi connectivity index (χ3v) is 6.98. The van der Waals surface area contributed by atoms with Crippen LogP contribution < -0.4 is 5.32 Å². The van der Waals surface area contributed by atoms with Gasteiger partial charge in [0, 0.05) is 22.7 Å². The minimum absolute atomic E-state index is 0.0446. The highest BCUT2D eigenvalue weighted by atomic mass is 32.2. The van der Waals surface area contributed by atoms with E-state index < -0.39 is 0 Å². The number of carbonyl (C=O) groups is 2. The molecule has 1 aliphatic rings. The summed E-state index contributed by atoms with van der Waals surface area (Å²) in [4.78, 5) is 34.3. The lowest BCUT2D eigenvalue weighted by atomic mass is 10.1. The van der Waals surface area contributed by atoms with Gasteiger partial charge in [0.25, 0.3) is 11.8 Å². The molecule has 4 rings (SSSR count). The Balaban J connectivity index is 1.49. The maximum atomic E-state index is 13.0. The summed E-state index contributed by atoms with van der Waals surface area (Å²) < 4.78 is 0. The van der Waals surface area contributed by atoms with Crippen molar-refractivity contribution >= 4 is 51.4 Å². The molecule has 1 aromatic carbocycles. The highest BCUT2D eigenvalue weighted by Gasteiger charge is 2.26. The van der Waals surface area contributed by atoms with Gasteiger partial charge in [0.05, 0.1) is 22.7 Å². The van der Waals surface area contributed by atoms with E-state index in [2.05, 4.69) is 10.3 Å². The van der Waals surface area contributed by atoms with E-state index in [9.17, 15) is 9.59 Å². The van der Waals surface area contributed by atoms with Crippen LogP contribution in [0.5, 0.6) is 0 Å². The van der Waals surface area contributed by atoms with Gasteiger partial charge in [0.15, 0.2) is 5.13 Å². The molecule has 138 valence electrons. The fraction of sp³-hybridized carbons (Fsp3) is 0.211. The van der Waals surface area contributed by atoms with E-state index in [-0.39, 0.29) is 11.8 Å². The number of fused-ring (bicyclic) bond motifs is 1. The van der Waals surface area contributed by atoms with Crippen LogP contribution in [0.25, 0.3) is 0 Å². The lowest BCUT2D eigenvalue weighted by Gasteiger charge is -2.26. The number of thiophene rings is 1. The fourth-order valence-corrected chi connectivity index (χ4v) is 5.21. The minimum Gasteiger partial charge on any atom is -0.333 e. The molecule has 27 heavy (non-hydrogen) atoms. The van der Waals surface area contributed by atoms with Gasteiger partial charge in [-0.2, -0.15) is 0 Å². The number of thiazole rings is 1. The van der Waals surface area contributed by atoms with E-state index in [1.807, 2.05) is 46.9 Å². The smallest absolute Gasteiger partial charge is 0.267 e. The van der Waals surface area contributed by atoms with Crippen molar-refractivity contribution in [3.05, 3.63) is 62.8 Å². The van der Waals surface area contributed by atoms with Crippen LogP contribution in [0.2, 0.25) is 0 Å². The molecule has 0 bridgehead atoms. The number of thioether (sulfide) groups is 1. The molecule has 1 N–H and O–H groups in total. The molecule has 8 heteroatoms. The monoisotopic (exact) mass is 415 g/mol. The molecule has 0 fully saturated rings. The van der Waals surface area contributed by atoms with Crippen LogP contribution in [0, 0.1) is 0 Å². The van der Waals surface area contributed by atoms with Crippen LogP contribution in [-0.2, 0) is 13.0 Å². The molecular weight excluding hydrogens is 398 g/mol. The molecule has 2 amide bonds. The Labute approximate surface area is 169 Å². The Morgan fingerprint density at radius 2 is 2.07 bits per heavy atom. The Bertz CT molecular complexity index is 982. The Morgan fingerprint density at radius 3 is 2.85 bits per heavy atom. The van der Waals surface area contributed by atoms with Gasteiger partial charge in [-0.1, -0.05) is 29.5 Å². The second-order valence-electron chi connectivity index (χ2n) is 6.00. The number of nitrogens with one attached hydrogen (secondary N) is 1. The second-order valence-corrected chi connectivity index (χ2v) is 8.88. The highest BCUT2D eigenvalue weighted by Crippen LogP contribution is 2.30. The summed E-state index contributed by atoms with van der Waals surface area (Å²) in [6.07, 6.45) is 2.68. The largest absolute Gasteiger partial charge is 0.333 e. The number of aromatic nitrogens is 1. The van der Waals surface area contributed by atoms with Crippen LogP contribution in [0.1, 0.15) is 30.6 Å². The predicted molar refractivity (Wildman–Crippen MR) is 111 cm³/mol. The van der Waals surface area contributed by atoms with Crippen molar-refractivity contribution in [2.75, 3.05) is 18.1 Å². The molecule has 0 unspecified atom stereocenters. The Hall–Kier alpha value is -2.16. The Morgan fingerprint density at radius 1 is 1.22 bits per heavy atom. The summed E-state index contributed by atoms with van der Waals surface area (Å²) >= 11 is 4.43. The van der Waals surface area contributed by atoms with Gasteiger partial charge in [0.1, 0.15) is 0 Å². The van der Waals surface area contributed by atoms with Crippen molar-refractivity contribution in [1.82, 2.24) is 9.88 Å². The summed E-state index contributed by atoms with van der Waals surface area (Å²) in [6.45, 7) is 1.17. The first-order valence-electron chi connectivity index (χ1n) is 8.41. The number of hydrogen-bond donors (Lipinski definition) is 1. The van der Waals surface area contributed by atoms with Crippen LogP contribution in [0.15, 0.2) is 46.7 Å². The lowest BCUT2D eigenvalue weighted by molar-refractivity contribution is 0.0732. The molecule has 0 aliphatic carbocycles. The van der Waals surface area contributed by atoms with Crippen LogP contribution in [0.3, 0.4) is 0 Å². The summed E-state index contributed by atoms with van der Waals surface area (Å²) in [5, 5.41) is 5.33. The van der Waals surface area contributed by atoms with E-state index in [4.69, 9.17) is 0 Å². The zero-order valence-corrected chi connectivity index (χ0v) is 17.0. The second kappa shape index (κ2) is 7.84. The van der Waals surface area contributed by atoms with Crippen molar-refractivity contribution in [3.63, 3.8) is 0 Å². The van der Waals surface area contributed by atoms with Crippen molar-refractivity contribution < 1.29 is 9.59 Å². The third kappa shape index (κ3) is 3.78. The molecule has 3 heterocycles.